The maximum atomic E-state index is 9.03. The molecule has 0 amide bonds. The molecule has 134 valence electrons. The Hall–Kier alpha value is -2.92. The molecule has 0 aliphatic carbocycles. The van der Waals surface area contributed by atoms with E-state index in [2.05, 4.69) is 10.2 Å². The largest absolute Gasteiger partial charge is 0.497 e. The topological polar surface area (TPSA) is 64.5 Å². The monoisotopic (exact) mass is 350 g/mol. The van der Waals surface area contributed by atoms with Gasteiger partial charge in [-0.1, -0.05) is 12.1 Å². The molecular formula is C21H22N2O3. The summed E-state index contributed by atoms with van der Waals surface area (Å²) in [7, 11) is 1.65. The summed E-state index contributed by atoms with van der Waals surface area (Å²) >= 11 is 0. The smallest absolute Gasteiger partial charge is 0.119 e. The molecule has 0 saturated carbocycles. The van der Waals surface area contributed by atoms with Crippen LogP contribution in [0, 0.1) is 0 Å². The van der Waals surface area contributed by atoms with Crippen molar-refractivity contribution in [2.75, 3.05) is 13.7 Å². The van der Waals surface area contributed by atoms with Crippen LogP contribution in [0.15, 0.2) is 60.7 Å². The third-order valence-electron chi connectivity index (χ3n) is 4.06. The van der Waals surface area contributed by atoms with E-state index in [0.29, 0.717) is 6.61 Å². The number of aromatic nitrogens is 2. The molecule has 26 heavy (non-hydrogen) atoms. The number of ether oxygens (including phenoxy) is 2. The summed E-state index contributed by atoms with van der Waals surface area (Å²) in [5.41, 5.74) is 3.68. The molecule has 0 spiro atoms. The van der Waals surface area contributed by atoms with Gasteiger partial charge in [0.1, 0.15) is 11.5 Å². The van der Waals surface area contributed by atoms with Crippen LogP contribution < -0.4 is 9.47 Å². The lowest BCUT2D eigenvalue weighted by Crippen LogP contribution is -2.01. The molecule has 0 atom stereocenters. The highest BCUT2D eigenvalue weighted by Gasteiger charge is 2.03. The van der Waals surface area contributed by atoms with Crippen LogP contribution in [0.5, 0.6) is 11.5 Å². The fourth-order valence-corrected chi connectivity index (χ4v) is 2.54. The molecule has 0 unspecified atom stereocenters. The van der Waals surface area contributed by atoms with Gasteiger partial charge >= 0.3 is 0 Å². The van der Waals surface area contributed by atoms with Crippen molar-refractivity contribution in [1.29, 1.82) is 0 Å². The zero-order valence-electron chi connectivity index (χ0n) is 14.8. The Labute approximate surface area is 153 Å². The molecule has 0 aliphatic rings. The van der Waals surface area contributed by atoms with Gasteiger partial charge < -0.3 is 14.6 Å². The van der Waals surface area contributed by atoms with Gasteiger partial charge in [-0.2, -0.15) is 10.2 Å². The maximum absolute atomic E-state index is 9.03. The average molecular weight is 350 g/mol. The van der Waals surface area contributed by atoms with Gasteiger partial charge in [0, 0.05) is 5.56 Å². The van der Waals surface area contributed by atoms with Crippen molar-refractivity contribution in [3.8, 4) is 22.8 Å². The lowest BCUT2D eigenvalue weighted by atomic mass is 10.1. The Morgan fingerprint density at radius 1 is 0.846 bits per heavy atom. The maximum Gasteiger partial charge on any atom is 0.119 e. The summed E-state index contributed by atoms with van der Waals surface area (Å²) < 4.78 is 10.9. The summed E-state index contributed by atoms with van der Waals surface area (Å²) in [6.07, 6.45) is 1.67. The van der Waals surface area contributed by atoms with Crippen LogP contribution in [0.2, 0.25) is 0 Å². The Balaban J connectivity index is 1.47. The zero-order chi connectivity index (χ0) is 18.2. The van der Waals surface area contributed by atoms with Crippen molar-refractivity contribution in [2.24, 2.45) is 0 Å². The highest BCUT2D eigenvalue weighted by Crippen LogP contribution is 2.20. The van der Waals surface area contributed by atoms with Crippen LogP contribution in [0.3, 0.4) is 0 Å². The van der Waals surface area contributed by atoms with Crippen LogP contribution >= 0.6 is 0 Å². The molecule has 5 nitrogen and oxygen atoms in total. The van der Waals surface area contributed by atoms with Crippen molar-refractivity contribution < 1.29 is 14.6 Å². The number of hydrogen-bond donors (Lipinski definition) is 1. The molecule has 0 fully saturated rings. The third kappa shape index (κ3) is 4.80. The number of aryl methyl sites for hydroxylation is 1. The molecule has 0 saturated heterocycles. The Morgan fingerprint density at radius 2 is 1.58 bits per heavy atom. The first kappa shape index (κ1) is 17.9. The lowest BCUT2D eigenvalue weighted by Gasteiger charge is -2.07. The van der Waals surface area contributed by atoms with E-state index in [1.807, 2.05) is 60.7 Å². The number of benzene rings is 2. The van der Waals surface area contributed by atoms with Gasteiger partial charge in [-0.15, -0.1) is 0 Å². The van der Waals surface area contributed by atoms with E-state index < -0.39 is 0 Å². The molecular weight excluding hydrogens is 328 g/mol. The van der Waals surface area contributed by atoms with E-state index in [1.54, 1.807) is 7.11 Å². The summed E-state index contributed by atoms with van der Waals surface area (Å²) in [4.78, 5) is 0. The molecule has 5 heteroatoms. The summed E-state index contributed by atoms with van der Waals surface area (Å²) in [6, 6.07) is 19.2. The minimum Gasteiger partial charge on any atom is -0.497 e. The third-order valence-corrected chi connectivity index (χ3v) is 4.06. The summed E-state index contributed by atoms with van der Waals surface area (Å²) in [6.45, 7) is 0.659. The molecule has 3 rings (SSSR count). The molecule has 0 radical (unpaired) electrons. The first-order valence-corrected chi connectivity index (χ1v) is 8.58. The van der Waals surface area contributed by atoms with Gasteiger partial charge in [-0.05, 0) is 66.9 Å². The van der Waals surface area contributed by atoms with E-state index >= 15 is 0 Å². The number of nitrogens with zero attached hydrogens (tertiary/aromatic N) is 2. The van der Waals surface area contributed by atoms with Gasteiger partial charge in [-0.3, -0.25) is 0 Å². The number of aliphatic hydroxyl groups excluding tert-OH is 1. The van der Waals surface area contributed by atoms with Crippen LogP contribution in [-0.2, 0) is 13.0 Å². The summed E-state index contributed by atoms with van der Waals surface area (Å²) in [5.74, 6) is 1.63. The van der Waals surface area contributed by atoms with Crippen molar-refractivity contribution in [3.63, 3.8) is 0 Å². The number of aliphatic hydroxyl groups is 1. The average Bonchev–Trinajstić information content (AvgIpc) is 2.72. The fourth-order valence-electron chi connectivity index (χ4n) is 2.54. The first-order chi connectivity index (χ1) is 12.8. The van der Waals surface area contributed by atoms with Crippen LogP contribution in [-0.4, -0.2) is 29.0 Å². The van der Waals surface area contributed by atoms with Crippen molar-refractivity contribution in [2.45, 2.75) is 19.4 Å². The second-order valence-corrected chi connectivity index (χ2v) is 5.89. The fraction of sp³-hybridized carbons (Fsp3) is 0.238. The Morgan fingerprint density at radius 3 is 2.19 bits per heavy atom. The molecule has 1 aromatic heterocycles. The predicted molar refractivity (Wildman–Crippen MR) is 100 cm³/mol. The zero-order valence-corrected chi connectivity index (χ0v) is 14.8. The van der Waals surface area contributed by atoms with E-state index in [0.717, 1.165) is 46.9 Å². The SMILES string of the molecule is COc1ccc(-c2ccc(CCCOc3ccc(CO)cc3)nn2)cc1. The summed E-state index contributed by atoms with van der Waals surface area (Å²) in [5, 5.41) is 17.6. The van der Waals surface area contributed by atoms with Gasteiger partial charge in [-0.25, -0.2) is 0 Å². The van der Waals surface area contributed by atoms with E-state index in [9.17, 15) is 0 Å². The van der Waals surface area contributed by atoms with Crippen molar-refractivity contribution >= 4 is 0 Å². The van der Waals surface area contributed by atoms with Gasteiger partial charge in [0.25, 0.3) is 0 Å². The van der Waals surface area contributed by atoms with Crippen molar-refractivity contribution in [3.05, 3.63) is 71.9 Å². The van der Waals surface area contributed by atoms with Crippen LogP contribution in [0.1, 0.15) is 17.7 Å². The van der Waals surface area contributed by atoms with Gasteiger partial charge in [0.15, 0.2) is 0 Å². The Bertz CT molecular complexity index is 800. The van der Waals surface area contributed by atoms with Gasteiger partial charge in [0.05, 0.1) is 31.7 Å². The quantitative estimate of drug-likeness (QED) is 0.628. The molecule has 1 N–H and O–H groups in total. The standard InChI is InChI=1S/C21H22N2O3/c1-25-19-11-6-17(7-12-19)21-13-8-18(22-23-21)3-2-14-26-20-9-4-16(15-24)5-10-20/h4-13,24H,2-3,14-15H2,1H3. The minimum atomic E-state index is 0.0471. The minimum absolute atomic E-state index is 0.0471. The normalized spacial score (nSPS) is 10.5. The molecule has 0 bridgehead atoms. The number of methoxy groups -OCH3 is 1. The predicted octanol–water partition coefficient (Wildman–Crippen LogP) is 3.66. The molecule has 3 aromatic rings. The number of rotatable bonds is 8. The Kier molecular flexibility index (Phi) is 6.17. The van der Waals surface area contributed by atoms with Crippen LogP contribution in [0.25, 0.3) is 11.3 Å². The lowest BCUT2D eigenvalue weighted by molar-refractivity contribution is 0.281. The molecule has 1 heterocycles. The second-order valence-electron chi connectivity index (χ2n) is 5.89. The van der Waals surface area contributed by atoms with E-state index in [4.69, 9.17) is 14.6 Å². The first-order valence-electron chi connectivity index (χ1n) is 8.58. The second kappa shape index (κ2) is 8.97. The van der Waals surface area contributed by atoms with Crippen LogP contribution in [0.4, 0.5) is 0 Å². The van der Waals surface area contributed by atoms with E-state index in [1.165, 1.54) is 0 Å². The number of hydrogen-bond acceptors (Lipinski definition) is 5. The highest BCUT2D eigenvalue weighted by molar-refractivity contribution is 5.59. The molecule has 0 aliphatic heterocycles. The van der Waals surface area contributed by atoms with Crippen molar-refractivity contribution in [1.82, 2.24) is 10.2 Å². The highest BCUT2D eigenvalue weighted by atomic mass is 16.5. The molecule has 2 aromatic carbocycles. The van der Waals surface area contributed by atoms with E-state index in [-0.39, 0.29) is 6.61 Å². The van der Waals surface area contributed by atoms with Gasteiger partial charge in [0.2, 0.25) is 0 Å².